The van der Waals surface area contributed by atoms with Gasteiger partial charge in [-0.2, -0.15) is 0 Å². The third-order valence-electron chi connectivity index (χ3n) is 1.47. The summed E-state index contributed by atoms with van der Waals surface area (Å²) in [7, 11) is 0. The van der Waals surface area contributed by atoms with E-state index in [1.807, 2.05) is 32.4 Å². The van der Waals surface area contributed by atoms with Gasteiger partial charge in [-0.15, -0.1) is 0 Å². The van der Waals surface area contributed by atoms with E-state index in [1.165, 1.54) is 5.56 Å². The van der Waals surface area contributed by atoms with E-state index in [2.05, 4.69) is 6.07 Å². The largest absolute Gasteiger partial charge is 0.0840 e. The van der Waals surface area contributed by atoms with Gasteiger partial charge in [0.2, 0.25) is 0 Å². The van der Waals surface area contributed by atoms with Crippen LogP contribution in [0, 0.1) is 13.3 Å². The fourth-order valence-electron chi connectivity index (χ4n) is 0.866. The van der Waals surface area contributed by atoms with Gasteiger partial charge < -0.3 is 0 Å². The maximum absolute atomic E-state index is 5.90. The summed E-state index contributed by atoms with van der Waals surface area (Å²) in [4.78, 5) is 0. The molecule has 0 bridgehead atoms. The SMILES string of the molecule is C[CH]c1ccc(C)cc1Cl. The lowest BCUT2D eigenvalue weighted by Crippen LogP contribution is -1.79. The maximum atomic E-state index is 5.90. The second-order valence-corrected chi connectivity index (χ2v) is 2.72. The van der Waals surface area contributed by atoms with Gasteiger partial charge in [-0.1, -0.05) is 30.7 Å². The van der Waals surface area contributed by atoms with Crippen molar-refractivity contribution in [1.29, 1.82) is 0 Å². The third-order valence-corrected chi connectivity index (χ3v) is 1.79. The van der Waals surface area contributed by atoms with E-state index in [9.17, 15) is 0 Å². The molecule has 1 heteroatoms. The summed E-state index contributed by atoms with van der Waals surface area (Å²) in [5, 5.41) is 0.836. The summed E-state index contributed by atoms with van der Waals surface area (Å²) >= 11 is 5.90. The molecule has 0 saturated heterocycles. The number of halogens is 1. The second kappa shape index (κ2) is 3.07. The van der Waals surface area contributed by atoms with E-state index in [-0.39, 0.29) is 0 Å². The predicted octanol–water partition coefficient (Wildman–Crippen LogP) is 3.22. The highest BCUT2D eigenvalue weighted by molar-refractivity contribution is 6.31. The second-order valence-electron chi connectivity index (χ2n) is 2.31. The first kappa shape index (κ1) is 7.62. The summed E-state index contributed by atoms with van der Waals surface area (Å²) in [6.07, 6.45) is 2.00. The molecule has 0 heterocycles. The minimum Gasteiger partial charge on any atom is -0.0840 e. The molecule has 0 atom stereocenters. The molecule has 1 aromatic rings. The lowest BCUT2D eigenvalue weighted by atomic mass is 10.1. The predicted molar refractivity (Wildman–Crippen MR) is 45.3 cm³/mol. The average molecular weight is 154 g/mol. The van der Waals surface area contributed by atoms with Crippen LogP contribution in [0.4, 0.5) is 0 Å². The van der Waals surface area contributed by atoms with Crippen molar-refractivity contribution in [2.45, 2.75) is 13.8 Å². The average Bonchev–Trinajstić information content (AvgIpc) is 1.88. The molecular formula is C9H10Cl. The summed E-state index contributed by atoms with van der Waals surface area (Å²) in [6.45, 7) is 4.02. The van der Waals surface area contributed by atoms with Gasteiger partial charge in [0.1, 0.15) is 0 Å². The Balaban J connectivity index is 3.07. The molecule has 0 aliphatic rings. The van der Waals surface area contributed by atoms with Gasteiger partial charge in [-0.25, -0.2) is 0 Å². The van der Waals surface area contributed by atoms with Crippen molar-refractivity contribution in [1.82, 2.24) is 0 Å². The highest BCUT2D eigenvalue weighted by Crippen LogP contribution is 2.18. The minimum atomic E-state index is 0.836. The van der Waals surface area contributed by atoms with E-state index < -0.39 is 0 Å². The summed E-state index contributed by atoms with van der Waals surface area (Å²) < 4.78 is 0. The molecule has 0 N–H and O–H groups in total. The Hall–Kier alpha value is -0.490. The van der Waals surface area contributed by atoms with Gasteiger partial charge in [-0.05, 0) is 30.5 Å². The van der Waals surface area contributed by atoms with Crippen LogP contribution in [0.2, 0.25) is 5.02 Å². The lowest BCUT2D eigenvalue weighted by molar-refractivity contribution is 1.38. The minimum absolute atomic E-state index is 0.836. The molecule has 0 fully saturated rings. The molecule has 1 radical (unpaired) electrons. The molecule has 0 aromatic heterocycles. The van der Waals surface area contributed by atoms with Crippen LogP contribution in [0.15, 0.2) is 18.2 Å². The highest BCUT2D eigenvalue weighted by atomic mass is 35.5. The third kappa shape index (κ3) is 1.51. The Kier molecular flexibility index (Phi) is 2.34. The Bertz CT molecular complexity index is 228. The lowest BCUT2D eigenvalue weighted by Gasteiger charge is -1.99. The molecule has 0 spiro atoms. The first-order valence-electron chi connectivity index (χ1n) is 3.29. The number of aryl methyl sites for hydroxylation is 1. The molecule has 0 aliphatic heterocycles. The number of benzene rings is 1. The van der Waals surface area contributed by atoms with Crippen LogP contribution in [0.3, 0.4) is 0 Å². The van der Waals surface area contributed by atoms with Crippen molar-refractivity contribution >= 4 is 11.6 Å². The zero-order chi connectivity index (χ0) is 7.56. The monoisotopic (exact) mass is 153 g/mol. The fraction of sp³-hybridized carbons (Fsp3) is 0.222. The molecule has 53 valence electrons. The molecule has 10 heavy (non-hydrogen) atoms. The van der Waals surface area contributed by atoms with Crippen LogP contribution in [0.5, 0.6) is 0 Å². The molecule has 1 rings (SSSR count). The molecule has 1 aromatic carbocycles. The van der Waals surface area contributed by atoms with Crippen molar-refractivity contribution in [2.24, 2.45) is 0 Å². The van der Waals surface area contributed by atoms with E-state index >= 15 is 0 Å². The van der Waals surface area contributed by atoms with Crippen molar-refractivity contribution < 1.29 is 0 Å². The Morgan fingerprint density at radius 3 is 2.60 bits per heavy atom. The molecule has 0 aliphatic carbocycles. The molecular weight excluding hydrogens is 144 g/mol. The smallest absolute Gasteiger partial charge is 0.0443 e. The molecule has 0 amide bonds. The first-order valence-corrected chi connectivity index (χ1v) is 3.67. The van der Waals surface area contributed by atoms with E-state index in [1.54, 1.807) is 0 Å². The van der Waals surface area contributed by atoms with Crippen molar-refractivity contribution in [2.75, 3.05) is 0 Å². The van der Waals surface area contributed by atoms with Crippen LogP contribution >= 0.6 is 11.6 Å². The quantitative estimate of drug-likeness (QED) is 0.581. The van der Waals surface area contributed by atoms with Gasteiger partial charge in [0.15, 0.2) is 0 Å². The summed E-state index contributed by atoms with van der Waals surface area (Å²) in [5.74, 6) is 0. The number of hydrogen-bond acceptors (Lipinski definition) is 0. The van der Waals surface area contributed by atoms with E-state index in [0.29, 0.717) is 0 Å². The summed E-state index contributed by atoms with van der Waals surface area (Å²) in [5.41, 5.74) is 2.31. The van der Waals surface area contributed by atoms with E-state index in [0.717, 1.165) is 10.6 Å². The Morgan fingerprint density at radius 2 is 2.10 bits per heavy atom. The van der Waals surface area contributed by atoms with Crippen molar-refractivity contribution in [3.63, 3.8) is 0 Å². The van der Waals surface area contributed by atoms with Crippen LogP contribution in [0.25, 0.3) is 0 Å². The van der Waals surface area contributed by atoms with Crippen LogP contribution < -0.4 is 0 Å². The van der Waals surface area contributed by atoms with Crippen molar-refractivity contribution in [3.8, 4) is 0 Å². The molecule has 0 unspecified atom stereocenters. The van der Waals surface area contributed by atoms with Gasteiger partial charge in [0.25, 0.3) is 0 Å². The van der Waals surface area contributed by atoms with E-state index in [4.69, 9.17) is 11.6 Å². The van der Waals surface area contributed by atoms with Crippen LogP contribution in [0.1, 0.15) is 18.1 Å². The van der Waals surface area contributed by atoms with Gasteiger partial charge in [-0.3, -0.25) is 0 Å². The number of rotatable bonds is 1. The van der Waals surface area contributed by atoms with Gasteiger partial charge in [0, 0.05) is 5.02 Å². The van der Waals surface area contributed by atoms with Crippen LogP contribution in [-0.2, 0) is 0 Å². The number of hydrogen-bond donors (Lipinski definition) is 0. The normalized spacial score (nSPS) is 9.90. The van der Waals surface area contributed by atoms with Crippen LogP contribution in [-0.4, -0.2) is 0 Å². The maximum Gasteiger partial charge on any atom is 0.0443 e. The Morgan fingerprint density at radius 1 is 1.40 bits per heavy atom. The zero-order valence-corrected chi connectivity index (χ0v) is 6.94. The topological polar surface area (TPSA) is 0 Å². The molecule has 0 nitrogen and oxygen atoms in total. The van der Waals surface area contributed by atoms with Crippen molar-refractivity contribution in [3.05, 3.63) is 40.8 Å². The highest BCUT2D eigenvalue weighted by Gasteiger charge is 1.95. The van der Waals surface area contributed by atoms with Gasteiger partial charge in [0.05, 0.1) is 0 Å². The Labute approximate surface area is 66.8 Å². The zero-order valence-electron chi connectivity index (χ0n) is 6.19. The molecule has 0 saturated carbocycles. The van der Waals surface area contributed by atoms with Gasteiger partial charge >= 0.3 is 0 Å². The summed E-state index contributed by atoms with van der Waals surface area (Å²) in [6, 6.07) is 6.05. The first-order chi connectivity index (χ1) is 4.74. The fourth-order valence-corrected chi connectivity index (χ4v) is 1.21. The standard InChI is InChI=1S/C9H10Cl/c1-3-8-5-4-7(2)6-9(8)10/h3-6H,1-2H3.